The topological polar surface area (TPSA) is 101 Å². The van der Waals surface area contributed by atoms with Gasteiger partial charge in [-0.25, -0.2) is 8.42 Å². The highest BCUT2D eigenvalue weighted by molar-refractivity contribution is 8.01. The Balaban J connectivity index is 1.61. The highest BCUT2D eigenvalue weighted by Crippen LogP contribution is 2.38. The van der Waals surface area contributed by atoms with Crippen LogP contribution in [0.15, 0.2) is 70.4 Å². The molecule has 0 saturated carbocycles. The van der Waals surface area contributed by atoms with Gasteiger partial charge in [-0.2, -0.15) is 0 Å². The molecule has 1 aliphatic rings. The number of carbonyl (C=O) groups excluding carboxylic acids is 1. The number of hydrogen-bond donors (Lipinski definition) is 1. The van der Waals surface area contributed by atoms with Gasteiger partial charge in [-0.05, 0) is 36.8 Å². The molecule has 1 amide bonds. The molecule has 8 nitrogen and oxygen atoms in total. The van der Waals surface area contributed by atoms with E-state index >= 15 is 0 Å². The van der Waals surface area contributed by atoms with Crippen molar-refractivity contribution in [2.24, 2.45) is 0 Å². The summed E-state index contributed by atoms with van der Waals surface area (Å²) in [4.78, 5) is 13.1. The molecule has 11 heteroatoms. The van der Waals surface area contributed by atoms with Crippen molar-refractivity contribution in [2.45, 2.75) is 22.3 Å². The SMILES string of the molecule is C=CCSc1nnc(NC(=O)C2CN(S(=O)(=O)c3ccccc3)c3ccc(C)cc3O2)s1. The number of sulfonamides is 1. The largest absolute Gasteiger partial charge is 0.476 e. The summed E-state index contributed by atoms with van der Waals surface area (Å²) in [5.74, 6) is 0.508. The summed E-state index contributed by atoms with van der Waals surface area (Å²) in [5, 5.41) is 11.0. The van der Waals surface area contributed by atoms with Gasteiger partial charge in [0, 0.05) is 5.75 Å². The highest BCUT2D eigenvalue weighted by atomic mass is 32.2. The number of aromatic nitrogens is 2. The summed E-state index contributed by atoms with van der Waals surface area (Å²) in [6, 6.07) is 13.3. The Morgan fingerprint density at radius 2 is 2.09 bits per heavy atom. The molecule has 1 atom stereocenters. The molecule has 3 aromatic rings. The molecule has 0 spiro atoms. The number of rotatable bonds is 7. The zero-order valence-corrected chi connectivity index (χ0v) is 19.5. The van der Waals surface area contributed by atoms with Crippen LogP contribution in [-0.4, -0.2) is 42.9 Å². The van der Waals surface area contributed by atoms with Gasteiger partial charge in [0.2, 0.25) is 5.13 Å². The van der Waals surface area contributed by atoms with Crippen LogP contribution in [-0.2, 0) is 14.8 Å². The predicted octanol–water partition coefficient (Wildman–Crippen LogP) is 3.72. The molecule has 0 fully saturated rings. The lowest BCUT2D eigenvalue weighted by Gasteiger charge is -2.34. The van der Waals surface area contributed by atoms with Gasteiger partial charge in [0.05, 0.1) is 17.1 Å². The Morgan fingerprint density at radius 3 is 2.84 bits per heavy atom. The van der Waals surface area contributed by atoms with Crippen LogP contribution in [0.3, 0.4) is 0 Å². The second-order valence-electron chi connectivity index (χ2n) is 6.89. The van der Waals surface area contributed by atoms with Crippen molar-refractivity contribution >= 4 is 49.8 Å². The maximum atomic E-state index is 13.4. The number of nitrogens with one attached hydrogen (secondary N) is 1. The van der Waals surface area contributed by atoms with Gasteiger partial charge >= 0.3 is 0 Å². The van der Waals surface area contributed by atoms with Crippen LogP contribution in [0.1, 0.15) is 5.56 Å². The van der Waals surface area contributed by atoms with Crippen molar-refractivity contribution < 1.29 is 17.9 Å². The zero-order valence-electron chi connectivity index (χ0n) is 17.1. The van der Waals surface area contributed by atoms with E-state index in [4.69, 9.17) is 4.74 Å². The van der Waals surface area contributed by atoms with Gasteiger partial charge in [0.1, 0.15) is 5.75 Å². The average molecular weight is 489 g/mol. The number of aryl methyl sites for hydroxylation is 1. The van der Waals surface area contributed by atoms with E-state index in [0.717, 1.165) is 5.56 Å². The molecule has 0 bridgehead atoms. The molecule has 1 unspecified atom stereocenters. The fraction of sp³-hybridized carbons (Fsp3) is 0.190. The minimum absolute atomic E-state index is 0.139. The van der Waals surface area contributed by atoms with E-state index in [1.54, 1.807) is 42.5 Å². The molecule has 2 heterocycles. The van der Waals surface area contributed by atoms with Crippen molar-refractivity contribution in [3.05, 3.63) is 66.7 Å². The number of carbonyl (C=O) groups is 1. The van der Waals surface area contributed by atoms with Crippen LogP contribution in [0, 0.1) is 6.92 Å². The number of nitrogens with zero attached hydrogens (tertiary/aromatic N) is 3. The van der Waals surface area contributed by atoms with Crippen molar-refractivity contribution in [2.75, 3.05) is 21.9 Å². The molecule has 0 radical (unpaired) electrons. The van der Waals surface area contributed by atoms with Crippen LogP contribution in [0.4, 0.5) is 10.8 Å². The average Bonchev–Trinajstić information content (AvgIpc) is 3.24. The molecular formula is C21H20N4O4S3. The summed E-state index contributed by atoms with van der Waals surface area (Å²) < 4.78 is 34.6. The summed E-state index contributed by atoms with van der Waals surface area (Å²) in [6.07, 6.45) is 0.692. The van der Waals surface area contributed by atoms with E-state index in [0.29, 0.717) is 26.7 Å². The third-order valence-electron chi connectivity index (χ3n) is 4.57. The third-order valence-corrected chi connectivity index (χ3v) is 8.33. The first kappa shape index (κ1) is 22.3. The molecule has 1 N–H and O–H groups in total. The lowest BCUT2D eigenvalue weighted by Crippen LogP contribution is -2.48. The smallest absolute Gasteiger partial charge is 0.269 e. The first-order valence-electron chi connectivity index (χ1n) is 9.61. The molecule has 0 aliphatic carbocycles. The number of thioether (sulfide) groups is 1. The third kappa shape index (κ3) is 4.64. The molecule has 32 heavy (non-hydrogen) atoms. The maximum absolute atomic E-state index is 13.4. The van der Waals surface area contributed by atoms with Gasteiger partial charge in [0.15, 0.2) is 10.4 Å². The van der Waals surface area contributed by atoms with Crippen LogP contribution in [0.5, 0.6) is 5.75 Å². The van der Waals surface area contributed by atoms with Crippen LogP contribution in [0.2, 0.25) is 0 Å². The number of benzene rings is 2. The van der Waals surface area contributed by atoms with E-state index < -0.39 is 22.0 Å². The fourth-order valence-corrected chi connectivity index (χ4v) is 6.09. The van der Waals surface area contributed by atoms with Crippen LogP contribution >= 0.6 is 23.1 Å². The molecular weight excluding hydrogens is 468 g/mol. The predicted molar refractivity (Wildman–Crippen MR) is 126 cm³/mol. The van der Waals surface area contributed by atoms with E-state index in [2.05, 4.69) is 22.1 Å². The number of amides is 1. The molecule has 1 aromatic heterocycles. The van der Waals surface area contributed by atoms with Gasteiger partial charge in [-0.3, -0.25) is 14.4 Å². The minimum atomic E-state index is -3.90. The molecule has 1 aliphatic heterocycles. The monoisotopic (exact) mass is 488 g/mol. The molecule has 2 aromatic carbocycles. The van der Waals surface area contributed by atoms with Crippen molar-refractivity contribution in [1.82, 2.24) is 10.2 Å². The van der Waals surface area contributed by atoms with Gasteiger partial charge in [0.25, 0.3) is 15.9 Å². The maximum Gasteiger partial charge on any atom is 0.269 e. The highest BCUT2D eigenvalue weighted by Gasteiger charge is 2.37. The molecule has 0 saturated heterocycles. The Kier molecular flexibility index (Phi) is 6.49. The number of fused-ring (bicyclic) bond motifs is 1. The first-order chi connectivity index (χ1) is 15.4. The Morgan fingerprint density at radius 1 is 1.31 bits per heavy atom. The Bertz CT molecular complexity index is 1240. The number of hydrogen-bond acceptors (Lipinski definition) is 8. The molecule has 4 rings (SSSR count). The van der Waals surface area contributed by atoms with Crippen LogP contribution in [0.25, 0.3) is 0 Å². The van der Waals surface area contributed by atoms with Crippen molar-refractivity contribution in [1.29, 1.82) is 0 Å². The second kappa shape index (κ2) is 9.31. The van der Waals surface area contributed by atoms with Gasteiger partial charge < -0.3 is 4.74 Å². The van der Waals surface area contributed by atoms with E-state index in [1.807, 2.05) is 6.92 Å². The standard InChI is InChI=1S/C21H20N4O4S3/c1-3-11-30-21-24-23-20(31-21)22-19(26)18-13-25(16-10-9-14(2)12-17(16)29-18)32(27,28)15-7-5-4-6-8-15/h3-10,12,18H,1,11,13H2,2H3,(H,22,23,26). The van der Waals surface area contributed by atoms with Crippen LogP contribution < -0.4 is 14.4 Å². The van der Waals surface area contributed by atoms with E-state index in [-0.39, 0.29) is 11.4 Å². The lowest BCUT2D eigenvalue weighted by atomic mass is 10.1. The quantitative estimate of drug-likeness (QED) is 0.307. The normalized spacial score (nSPS) is 15.5. The van der Waals surface area contributed by atoms with E-state index in [1.165, 1.54) is 39.5 Å². The fourth-order valence-electron chi connectivity index (χ4n) is 3.08. The van der Waals surface area contributed by atoms with Crippen molar-refractivity contribution in [3.8, 4) is 5.75 Å². The second-order valence-corrected chi connectivity index (χ2v) is 11.0. The summed E-state index contributed by atoms with van der Waals surface area (Å²) >= 11 is 2.68. The van der Waals surface area contributed by atoms with Crippen molar-refractivity contribution in [3.63, 3.8) is 0 Å². The Labute approximate surface area is 194 Å². The molecule has 166 valence electrons. The minimum Gasteiger partial charge on any atom is -0.476 e. The Hall–Kier alpha value is -2.89. The van der Waals surface area contributed by atoms with E-state index in [9.17, 15) is 13.2 Å². The van der Waals surface area contributed by atoms with Gasteiger partial charge in [-0.1, -0.05) is 53.4 Å². The lowest BCUT2D eigenvalue weighted by molar-refractivity contribution is -0.122. The summed E-state index contributed by atoms with van der Waals surface area (Å²) in [5.41, 5.74) is 1.28. The van der Waals surface area contributed by atoms with Gasteiger partial charge in [-0.15, -0.1) is 16.8 Å². The number of ether oxygens (including phenoxy) is 1. The summed E-state index contributed by atoms with van der Waals surface area (Å²) in [7, 11) is -3.90. The number of anilines is 2. The zero-order chi connectivity index (χ0) is 22.7. The first-order valence-corrected chi connectivity index (χ1v) is 12.9. The summed E-state index contributed by atoms with van der Waals surface area (Å²) in [6.45, 7) is 5.36.